The second-order valence-electron chi connectivity index (χ2n) is 4.28. The average molecular weight is 355 g/mol. The SMILES string of the molecule is O=C1CC(Cl)(Cl)CCCN1c1ccc(Br)cc1F. The molecular formula is C12H11BrCl2FNO. The van der Waals surface area contributed by atoms with Crippen molar-refractivity contribution in [2.45, 2.75) is 23.6 Å². The molecule has 1 aliphatic heterocycles. The number of hydrogen-bond donors (Lipinski definition) is 0. The molecule has 1 fully saturated rings. The van der Waals surface area contributed by atoms with Gasteiger partial charge in [-0.2, -0.15) is 0 Å². The lowest BCUT2D eigenvalue weighted by atomic mass is 10.2. The summed E-state index contributed by atoms with van der Waals surface area (Å²) in [6, 6.07) is 4.61. The minimum absolute atomic E-state index is 0.00557. The summed E-state index contributed by atoms with van der Waals surface area (Å²) in [5.74, 6) is -0.687. The molecule has 1 aliphatic rings. The Bertz CT molecular complexity index is 481. The number of amides is 1. The summed E-state index contributed by atoms with van der Waals surface area (Å²) in [7, 11) is 0. The van der Waals surface area contributed by atoms with E-state index in [2.05, 4.69) is 15.9 Å². The van der Waals surface area contributed by atoms with Crippen molar-refractivity contribution in [1.82, 2.24) is 0 Å². The lowest BCUT2D eigenvalue weighted by Gasteiger charge is -2.22. The molecule has 0 radical (unpaired) electrons. The van der Waals surface area contributed by atoms with Crippen molar-refractivity contribution in [2.24, 2.45) is 0 Å². The van der Waals surface area contributed by atoms with Crippen molar-refractivity contribution < 1.29 is 9.18 Å². The van der Waals surface area contributed by atoms with Crippen LogP contribution >= 0.6 is 39.1 Å². The summed E-state index contributed by atoms with van der Waals surface area (Å²) >= 11 is 15.2. The fourth-order valence-corrected chi connectivity index (χ4v) is 2.81. The Morgan fingerprint density at radius 2 is 2.11 bits per heavy atom. The first-order valence-electron chi connectivity index (χ1n) is 5.52. The number of hydrogen-bond acceptors (Lipinski definition) is 1. The summed E-state index contributed by atoms with van der Waals surface area (Å²) in [6.07, 6.45) is 1.18. The molecule has 0 atom stereocenters. The van der Waals surface area contributed by atoms with Crippen molar-refractivity contribution >= 4 is 50.7 Å². The molecule has 0 aliphatic carbocycles. The molecule has 98 valence electrons. The number of alkyl halides is 2. The van der Waals surface area contributed by atoms with Crippen LogP contribution in [0.15, 0.2) is 22.7 Å². The fourth-order valence-electron chi connectivity index (χ4n) is 1.98. The maximum atomic E-state index is 13.8. The van der Waals surface area contributed by atoms with Gasteiger partial charge in [-0.1, -0.05) is 15.9 Å². The largest absolute Gasteiger partial charge is 0.310 e. The van der Waals surface area contributed by atoms with Crippen LogP contribution < -0.4 is 4.90 Å². The highest BCUT2D eigenvalue weighted by Gasteiger charge is 2.34. The smallest absolute Gasteiger partial charge is 0.230 e. The van der Waals surface area contributed by atoms with Crippen LogP contribution in [0.5, 0.6) is 0 Å². The Labute approximate surface area is 123 Å². The van der Waals surface area contributed by atoms with Crippen molar-refractivity contribution in [3.8, 4) is 0 Å². The zero-order valence-corrected chi connectivity index (χ0v) is 12.5. The first-order chi connectivity index (χ1) is 8.39. The number of benzene rings is 1. The predicted molar refractivity (Wildman–Crippen MR) is 74.7 cm³/mol. The van der Waals surface area contributed by atoms with Gasteiger partial charge in [-0.25, -0.2) is 4.39 Å². The molecule has 0 N–H and O–H groups in total. The molecular weight excluding hydrogens is 344 g/mol. The van der Waals surface area contributed by atoms with Gasteiger partial charge in [-0.3, -0.25) is 4.79 Å². The summed E-state index contributed by atoms with van der Waals surface area (Å²) in [6.45, 7) is 0.429. The van der Waals surface area contributed by atoms with Crippen LogP contribution in [-0.2, 0) is 4.79 Å². The highest BCUT2D eigenvalue weighted by atomic mass is 79.9. The van der Waals surface area contributed by atoms with Crippen LogP contribution in [0, 0.1) is 5.82 Å². The van der Waals surface area contributed by atoms with Gasteiger partial charge >= 0.3 is 0 Å². The molecule has 1 aromatic rings. The first-order valence-corrected chi connectivity index (χ1v) is 7.07. The molecule has 2 rings (SSSR count). The van der Waals surface area contributed by atoms with Gasteiger partial charge in [0, 0.05) is 11.0 Å². The molecule has 1 saturated heterocycles. The molecule has 0 unspecified atom stereocenters. The van der Waals surface area contributed by atoms with Crippen molar-refractivity contribution in [3.05, 3.63) is 28.5 Å². The standard InChI is InChI=1S/C12H11BrCl2FNO/c13-8-2-3-10(9(16)6-8)17-5-1-4-12(14,15)7-11(17)18/h2-3,6H,1,4-5,7H2. The summed E-state index contributed by atoms with van der Waals surface area (Å²) in [5, 5.41) is 0. The Morgan fingerprint density at radius 1 is 1.39 bits per heavy atom. The van der Waals surface area contributed by atoms with E-state index in [9.17, 15) is 9.18 Å². The maximum absolute atomic E-state index is 13.8. The minimum atomic E-state index is -1.04. The molecule has 18 heavy (non-hydrogen) atoms. The quantitative estimate of drug-likeness (QED) is 0.689. The maximum Gasteiger partial charge on any atom is 0.230 e. The van der Waals surface area contributed by atoms with E-state index in [1.54, 1.807) is 12.1 Å². The molecule has 0 bridgehead atoms. The Hall–Kier alpha value is -0.320. The van der Waals surface area contributed by atoms with Crippen LogP contribution in [-0.4, -0.2) is 16.8 Å². The summed E-state index contributed by atoms with van der Waals surface area (Å²) in [5.41, 5.74) is 0.272. The number of nitrogens with zero attached hydrogens (tertiary/aromatic N) is 1. The second kappa shape index (κ2) is 5.35. The van der Waals surface area contributed by atoms with Crippen LogP contribution in [0.1, 0.15) is 19.3 Å². The van der Waals surface area contributed by atoms with Gasteiger partial charge in [-0.15, -0.1) is 23.2 Å². The fraction of sp³-hybridized carbons (Fsp3) is 0.417. The van der Waals surface area contributed by atoms with Gasteiger partial charge in [-0.05, 0) is 31.0 Å². The second-order valence-corrected chi connectivity index (χ2v) is 6.83. The van der Waals surface area contributed by atoms with E-state index in [0.717, 1.165) is 0 Å². The molecule has 1 heterocycles. The normalized spacial score (nSPS) is 19.8. The zero-order chi connectivity index (χ0) is 13.3. The summed E-state index contributed by atoms with van der Waals surface area (Å²) < 4.78 is 13.4. The van der Waals surface area contributed by atoms with E-state index in [1.807, 2.05) is 0 Å². The first kappa shape index (κ1) is 14.1. The van der Waals surface area contributed by atoms with Crippen molar-refractivity contribution in [3.63, 3.8) is 0 Å². The molecule has 0 aromatic heterocycles. The van der Waals surface area contributed by atoms with Crippen molar-refractivity contribution in [2.75, 3.05) is 11.4 Å². The van der Waals surface area contributed by atoms with Gasteiger partial charge < -0.3 is 4.90 Å². The molecule has 0 saturated carbocycles. The van der Waals surface area contributed by atoms with Crippen LogP contribution in [0.2, 0.25) is 0 Å². The van der Waals surface area contributed by atoms with Gasteiger partial charge in [0.15, 0.2) is 0 Å². The molecule has 0 spiro atoms. The number of carbonyl (C=O) groups excluding carboxylic acids is 1. The Morgan fingerprint density at radius 3 is 2.78 bits per heavy atom. The van der Waals surface area contributed by atoms with Gasteiger partial charge in [0.2, 0.25) is 5.91 Å². The van der Waals surface area contributed by atoms with E-state index in [1.165, 1.54) is 11.0 Å². The lowest BCUT2D eigenvalue weighted by molar-refractivity contribution is -0.118. The van der Waals surface area contributed by atoms with Crippen molar-refractivity contribution in [1.29, 1.82) is 0 Å². The Balaban J connectivity index is 2.30. The van der Waals surface area contributed by atoms with Gasteiger partial charge in [0.1, 0.15) is 10.2 Å². The topological polar surface area (TPSA) is 20.3 Å². The highest BCUT2D eigenvalue weighted by molar-refractivity contribution is 9.10. The Kier molecular flexibility index (Phi) is 4.19. The third kappa shape index (κ3) is 3.16. The highest BCUT2D eigenvalue weighted by Crippen LogP contribution is 2.36. The number of rotatable bonds is 1. The van der Waals surface area contributed by atoms with E-state index < -0.39 is 10.2 Å². The molecule has 1 amide bonds. The van der Waals surface area contributed by atoms with Gasteiger partial charge in [0.05, 0.1) is 12.1 Å². The molecule has 2 nitrogen and oxygen atoms in total. The lowest BCUT2D eigenvalue weighted by Crippen LogP contribution is -2.32. The predicted octanol–water partition coefficient (Wildman–Crippen LogP) is 4.28. The van der Waals surface area contributed by atoms with E-state index in [4.69, 9.17) is 23.2 Å². The van der Waals surface area contributed by atoms with E-state index in [-0.39, 0.29) is 18.0 Å². The number of carbonyl (C=O) groups is 1. The minimum Gasteiger partial charge on any atom is -0.310 e. The number of anilines is 1. The third-order valence-electron chi connectivity index (χ3n) is 2.84. The zero-order valence-electron chi connectivity index (χ0n) is 9.43. The van der Waals surface area contributed by atoms with E-state index >= 15 is 0 Å². The van der Waals surface area contributed by atoms with Crippen LogP contribution in [0.4, 0.5) is 10.1 Å². The van der Waals surface area contributed by atoms with Crippen LogP contribution in [0.3, 0.4) is 0 Å². The summed E-state index contributed by atoms with van der Waals surface area (Å²) in [4.78, 5) is 13.5. The monoisotopic (exact) mass is 353 g/mol. The number of halogens is 4. The molecule has 1 aromatic carbocycles. The van der Waals surface area contributed by atoms with Gasteiger partial charge in [0.25, 0.3) is 0 Å². The third-order valence-corrected chi connectivity index (χ3v) is 3.97. The van der Waals surface area contributed by atoms with Crippen LogP contribution in [0.25, 0.3) is 0 Å². The average Bonchev–Trinajstić information content (AvgIpc) is 2.36. The van der Waals surface area contributed by atoms with E-state index in [0.29, 0.717) is 23.9 Å². The molecule has 6 heteroatoms.